The van der Waals surface area contributed by atoms with Gasteiger partial charge in [0.25, 0.3) is 5.91 Å². The van der Waals surface area contributed by atoms with Crippen molar-refractivity contribution in [3.05, 3.63) is 27.8 Å². The van der Waals surface area contributed by atoms with Crippen LogP contribution in [0.15, 0.2) is 24.3 Å². The van der Waals surface area contributed by atoms with Crippen LogP contribution in [-0.4, -0.2) is 29.8 Å². The molecule has 1 aliphatic heterocycles. The van der Waals surface area contributed by atoms with Gasteiger partial charge in [-0.3, -0.25) is 14.5 Å². The summed E-state index contributed by atoms with van der Waals surface area (Å²) in [6.07, 6.45) is 0.236. The van der Waals surface area contributed by atoms with Crippen LogP contribution in [0.1, 0.15) is 6.42 Å². The van der Waals surface area contributed by atoms with Crippen LogP contribution in [-0.2, 0) is 9.59 Å². The first-order chi connectivity index (χ1) is 7.59. The van der Waals surface area contributed by atoms with Crippen LogP contribution in [0.4, 0.5) is 5.69 Å². The van der Waals surface area contributed by atoms with E-state index in [1.54, 1.807) is 0 Å². The van der Waals surface area contributed by atoms with Gasteiger partial charge in [-0.2, -0.15) is 0 Å². The van der Waals surface area contributed by atoms with Crippen molar-refractivity contribution in [2.45, 2.75) is 12.5 Å². The van der Waals surface area contributed by atoms with Crippen LogP contribution in [0.2, 0.25) is 0 Å². The van der Waals surface area contributed by atoms with Crippen molar-refractivity contribution in [1.82, 2.24) is 4.90 Å². The minimum Gasteiger partial charge on any atom is -0.372 e. The van der Waals surface area contributed by atoms with E-state index in [1.165, 1.54) is 11.9 Å². The summed E-state index contributed by atoms with van der Waals surface area (Å²) >= 11 is 2.19. The number of hydrogen-bond acceptors (Lipinski definition) is 3. The van der Waals surface area contributed by atoms with E-state index in [0.717, 1.165) is 9.26 Å². The maximum Gasteiger partial charge on any atom is 0.251 e. The van der Waals surface area contributed by atoms with Crippen molar-refractivity contribution in [3.63, 3.8) is 0 Å². The molecule has 2 rings (SSSR count). The standard InChI is InChI=1S/C11H11IN2O2/c1-14-10(15)6-9(11(14)16)13-8-5-3-2-4-7(8)12/h2-5,9,13H,6H2,1H3. The summed E-state index contributed by atoms with van der Waals surface area (Å²) < 4.78 is 1.04. The minimum atomic E-state index is -0.423. The third-order valence-corrected chi connectivity index (χ3v) is 3.53. The van der Waals surface area contributed by atoms with E-state index >= 15 is 0 Å². The molecule has 0 spiro atoms. The van der Waals surface area contributed by atoms with E-state index in [1.807, 2.05) is 24.3 Å². The Kier molecular flexibility index (Phi) is 3.13. The largest absolute Gasteiger partial charge is 0.372 e. The highest BCUT2D eigenvalue weighted by molar-refractivity contribution is 14.1. The van der Waals surface area contributed by atoms with Gasteiger partial charge in [0.2, 0.25) is 5.91 Å². The highest BCUT2D eigenvalue weighted by Crippen LogP contribution is 2.21. The maximum atomic E-state index is 11.7. The molecular formula is C11H11IN2O2. The zero-order chi connectivity index (χ0) is 11.7. The Balaban J connectivity index is 2.15. The number of nitrogens with zero attached hydrogens (tertiary/aromatic N) is 1. The lowest BCUT2D eigenvalue weighted by Gasteiger charge is -2.13. The SMILES string of the molecule is CN1C(=O)CC(Nc2ccccc2I)C1=O. The third kappa shape index (κ3) is 2.04. The van der Waals surface area contributed by atoms with Gasteiger partial charge in [0.1, 0.15) is 6.04 Å². The molecule has 16 heavy (non-hydrogen) atoms. The van der Waals surface area contributed by atoms with Gasteiger partial charge < -0.3 is 5.32 Å². The average molecular weight is 330 g/mol. The van der Waals surface area contributed by atoms with Crippen molar-refractivity contribution >= 4 is 40.1 Å². The molecule has 1 heterocycles. The molecule has 1 aromatic rings. The van der Waals surface area contributed by atoms with Gasteiger partial charge in [0.15, 0.2) is 0 Å². The summed E-state index contributed by atoms with van der Waals surface area (Å²) in [5.41, 5.74) is 0.893. The number of imide groups is 1. The van der Waals surface area contributed by atoms with E-state index in [9.17, 15) is 9.59 Å². The van der Waals surface area contributed by atoms with Gasteiger partial charge in [-0.15, -0.1) is 0 Å². The Hall–Kier alpha value is -1.11. The molecule has 1 saturated heterocycles. The molecule has 4 nitrogen and oxygen atoms in total. The summed E-state index contributed by atoms with van der Waals surface area (Å²) in [4.78, 5) is 24.2. The average Bonchev–Trinajstić information content (AvgIpc) is 2.50. The number of amides is 2. The zero-order valence-corrected chi connectivity index (χ0v) is 10.9. The molecule has 0 saturated carbocycles. The lowest BCUT2D eigenvalue weighted by Crippen LogP contribution is -2.31. The van der Waals surface area contributed by atoms with Crippen molar-refractivity contribution in [2.75, 3.05) is 12.4 Å². The molecule has 1 atom stereocenters. The first-order valence-electron chi connectivity index (χ1n) is 4.91. The fourth-order valence-corrected chi connectivity index (χ4v) is 2.18. The predicted octanol–water partition coefficient (Wildman–Crippen LogP) is 1.46. The summed E-state index contributed by atoms with van der Waals surface area (Å²) in [6.45, 7) is 0. The smallest absolute Gasteiger partial charge is 0.251 e. The van der Waals surface area contributed by atoms with Crippen molar-refractivity contribution in [2.24, 2.45) is 0 Å². The monoisotopic (exact) mass is 330 g/mol. The van der Waals surface area contributed by atoms with Crippen molar-refractivity contribution in [3.8, 4) is 0 Å². The number of hydrogen-bond donors (Lipinski definition) is 1. The number of para-hydroxylation sites is 1. The second kappa shape index (κ2) is 4.40. The summed E-state index contributed by atoms with van der Waals surface area (Å²) in [7, 11) is 1.52. The quantitative estimate of drug-likeness (QED) is 0.660. The topological polar surface area (TPSA) is 49.4 Å². The molecule has 0 bridgehead atoms. The van der Waals surface area contributed by atoms with E-state index in [-0.39, 0.29) is 18.2 Å². The number of carbonyl (C=O) groups is 2. The van der Waals surface area contributed by atoms with E-state index in [2.05, 4.69) is 27.9 Å². The number of rotatable bonds is 2. The van der Waals surface area contributed by atoms with Crippen molar-refractivity contribution < 1.29 is 9.59 Å². The predicted molar refractivity (Wildman–Crippen MR) is 69.0 cm³/mol. The molecule has 1 aromatic carbocycles. The molecule has 5 heteroatoms. The minimum absolute atomic E-state index is 0.131. The van der Waals surface area contributed by atoms with Gasteiger partial charge in [0.05, 0.1) is 6.42 Å². The first kappa shape index (κ1) is 11.4. The van der Waals surface area contributed by atoms with Gasteiger partial charge in [-0.1, -0.05) is 12.1 Å². The molecule has 1 N–H and O–H groups in total. The number of likely N-dealkylation sites (N-methyl/N-ethyl adjacent to an activating group) is 1. The molecule has 1 aliphatic rings. The number of likely N-dealkylation sites (tertiary alicyclic amines) is 1. The summed E-state index contributed by atoms with van der Waals surface area (Å²) in [5, 5.41) is 3.10. The highest BCUT2D eigenvalue weighted by atomic mass is 127. The number of carbonyl (C=O) groups excluding carboxylic acids is 2. The normalized spacial score (nSPS) is 20.4. The zero-order valence-electron chi connectivity index (χ0n) is 8.74. The van der Waals surface area contributed by atoms with Gasteiger partial charge in [-0.05, 0) is 34.7 Å². The Bertz CT molecular complexity index is 447. The summed E-state index contributed by atoms with van der Waals surface area (Å²) in [6, 6.07) is 7.26. The fraction of sp³-hybridized carbons (Fsp3) is 0.273. The molecule has 84 valence electrons. The molecule has 2 amide bonds. The van der Waals surface area contributed by atoms with Crippen LogP contribution >= 0.6 is 22.6 Å². The maximum absolute atomic E-state index is 11.7. The molecule has 0 aromatic heterocycles. The number of nitrogens with one attached hydrogen (secondary N) is 1. The van der Waals surface area contributed by atoms with Crippen LogP contribution in [0, 0.1) is 3.57 Å². The Labute approximate surface area is 107 Å². The lowest BCUT2D eigenvalue weighted by atomic mass is 10.2. The van der Waals surface area contributed by atoms with Gasteiger partial charge in [-0.25, -0.2) is 0 Å². The molecule has 1 fully saturated rings. The van der Waals surface area contributed by atoms with E-state index in [4.69, 9.17) is 0 Å². The number of benzene rings is 1. The van der Waals surface area contributed by atoms with Crippen LogP contribution < -0.4 is 5.32 Å². The number of anilines is 1. The third-order valence-electron chi connectivity index (χ3n) is 2.59. The molecule has 0 aliphatic carbocycles. The van der Waals surface area contributed by atoms with Gasteiger partial charge in [0, 0.05) is 16.3 Å². The Morgan fingerprint density at radius 3 is 2.62 bits per heavy atom. The van der Waals surface area contributed by atoms with E-state index in [0.29, 0.717) is 0 Å². The van der Waals surface area contributed by atoms with Gasteiger partial charge >= 0.3 is 0 Å². The van der Waals surface area contributed by atoms with Crippen molar-refractivity contribution in [1.29, 1.82) is 0 Å². The molecule has 0 radical (unpaired) electrons. The fourth-order valence-electron chi connectivity index (χ4n) is 1.63. The van der Waals surface area contributed by atoms with Crippen LogP contribution in [0.3, 0.4) is 0 Å². The highest BCUT2D eigenvalue weighted by Gasteiger charge is 2.35. The second-order valence-electron chi connectivity index (χ2n) is 3.67. The van der Waals surface area contributed by atoms with Crippen LogP contribution in [0.25, 0.3) is 0 Å². The second-order valence-corrected chi connectivity index (χ2v) is 4.83. The molecular weight excluding hydrogens is 319 g/mol. The summed E-state index contributed by atoms with van der Waals surface area (Å²) in [5.74, 6) is -0.293. The lowest BCUT2D eigenvalue weighted by molar-refractivity contribution is -0.136. The Morgan fingerprint density at radius 1 is 1.38 bits per heavy atom. The Morgan fingerprint density at radius 2 is 2.06 bits per heavy atom. The number of halogens is 1. The first-order valence-corrected chi connectivity index (χ1v) is 5.99. The van der Waals surface area contributed by atoms with E-state index < -0.39 is 6.04 Å². The molecule has 1 unspecified atom stereocenters. The van der Waals surface area contributed by atoms with Crippen LogP contribution in [0.5, 0.6) is 0 Å².